The molecule has 0 spiro atoms. The summed E-state index contributed by atoms with van der Waals surface area (Å²) in [6, 6.07) is 12.8. The molecule has 2 heterocycles. The maximum Gasteiger partial charge on any atom is 0.174 e. The van der Waals surface area contributed by atoms with Crippen molar-refractivity contribution >= 4 is 12.2 Å². The van der Waals surface area contributed by atoms with Crippen molar-refractivity contribution in [2.75, 3.05) is 0 Å². The third-order valence-corrected chi connectivity index (χ3v) is 5.21. The van der Waals surface area contributed by atoms with Crippen LogP contribution in [0.5, 0.6) is 0 Å². The van der Waals surface area contributed by atoms with Crippen LogP contribution >= 0.6 is 0 Å². The van der Waals surface area contributed by atoms with E-state index in [0.29, 0.717) is 5.82 Å². The molecule has 2 aromatic carbocycles. The van der Waals surface area contributed by atoms with Crippen molar-refractivity contribution < 1.29 is 4.39 Å². The maximum atomic E-state index is 13.2. The Balaban J connectivity index is 1.54. The molecule has 5 nitrogen and oxygen atoms in total. The van der Waals surface area contributed by atoms with Gasteiger partial charge in [-0.2, -0.15) is 5.10 Å². The number of aromatic nitrogens is 5. The summed E-state index contributed by atoms with van der Waals surface area (Å²) in [6.45, 7) is 6.11. The average molecular weight is 401 g/mol. The third-order valence-electron chi connectivity index (χ3n) is 5.21. The van der Waals surface area contributed by atoms with E-state index in [1.807, 2.05) is 50.1 Å². The number of benzene rings is 2. The highest BCUT2D eigenvalue weighted by Gasteiger charge is 2.15. The molecule has 0 saturated heterocycles. The predicted molar refractivity (Wildman–Crippen MR) is 117 cm³/mol. The average Bonchev–Trinajstić information content (AvgIpc) is 3.32. The molecule has 0 saturated carbocycles. The Hall–Kier alpha value is -3.54. The van der Waals surface area contributed by atoms with Crippen molar-refractivity contribution in [1.29, 1.82) is 0 Å². The Bertz CT molecular complexity index is 1200. The quantitative estimate of drug-likeness (QED) is 0.469. The molecular weight excluding hydrogens is 377 g/mol. The number of hydrogen-bond acceptors (Lipinski definition) is 3. The Labute approximate surface area is 175 Å². The zero-order valence-electron chi connectivity index (χ0n) is 17.5. The summed E-state index contributed by atoms with van der Waals surface area (Å²) in [5.74, 6) is 1.26. The highest BCUT2D eigenvalue weighted by molar-refractivity contribution is 5.68. The van der Waals surface area contributed by atoms with Gasteiger partial charge in [-0.3, -0.25) is 4.68 Å². The van der Waals surface area contributed by atoms with E-state index in [1.54, 1.807) is 16.8 Å². The van der Waals surface area contributed by atoms with Gasteiger partial charge >= 0.3 is 0 Å². The van der Waals surface area contributed by atoms with Crippen LogP contribution in [-0.4, -0.2) is 24.3 Å². The minimum atomic E-state index is -0.239. The molecule has 6 heteroatoms. The Morgan fingerprint density at radius 1 is 1.03 bits per heavy atom. The van der Waals surface area contributed by atoms with Crippen LogP contribution in [0.15, 0.2) is 55.0 Å². The molecule has 0 aliphatic rings. The molecule has 1 unspecified atom stereocenters. The van der Waals surface area contributed by atoms with E-state index in [9.17, 15) is 4.39 Å². The second-order valence-electron chi connectivity index (χ2n) is 7.53. The minimum Gasteiger partial charge on any atom is -0.306 e. The Morgan fingerprint density at radius 2 is 1.80 bits per heavy atom. The fourth-order valence-electron chi connectivity index (χ4n) is 3.56. The summed E-state index contributed by atoms with van der Waals surface area (Å²) in [4.78, 5) is 8.97. The van der Waals surface area contributed by atoms with Gasteiger partial charge in [0.05, 0.1) is 12.0 Å². The molecule has 0 amide bonds. The van der Waals surface area contributed by atoms with Crippen molar-refractivity contribution in [2.45, 2.75) is 26.7 Å². The van der Waals surface area contributed by atoms with Gasteiger partial charge in [0.25, 0.3) is 0 Å². The maximum absolute atomic E-state index is 13.2. The monoisotopic (exact) mass is 401 g/mol. The topological polar surface area (TPSA) is 48.5 Å². The van der Waals surface area contributed by atoms with Crippen molar-refractivity contribution in [2.24, 2.45) is 7.05 Å². The van der Waals surface area contributed by atoms with Crippen molar-refractivity contribution in [3.8, 4) is 5.69 Å². The first-order chi connectivity index (χ1) is 14.4. The number of aryl methyl sites for hydroxylation is 3. The van der Waals surface area contributed by atoms with Crippen LogP contribution in [0.3, 0.4) is 0 Å². The lowest BCUT2D eigenvalue weighted by Gasteiger charge is -2.10. The second kappa shape index (κ2) is 8.06. The molecule has 0 radical (unpaired) electrons. The number of rotatable bonds is 5. The zero-order valence-corrected chi connectivity index (χ0v) is 17.5. The van der Waals surface area contributed by atoms with Gasteiger partial charge < -0.3 is 4.57 Å². The molecule has 0 bridgehead atoms. The van der Waals surface area contributed by atoms with E-state index >= 15 is 0 Å². The second-order valence-corrected chi connectivity index (χ2v) is 7.53. The van der Waals surface area contributed by atoms with Gasteiger partial charge in [-0.05, 0) is 60.9 Å². The van der Waals surface area contributed by atoms with Crippen LogP contribution in [0.25, 0.3) is 17.8 Å². The SMILES string of the molecule is Cc1cn(-c2ccc(/C=C/c3nc(C(C)c4ccc(F)cc4)n(C)n3)cc2C)cn1. The summed E-state index contributed by atoms with van der Waals surface area (Å²) >= 11 is 0. The number of nitrogens with zero attached hydrogens (tertiary/aromatic N) is 5. The van der Waals surface area contributed by atoms with Crippen LogP contribution in [0.4, 0.5) is 4.39 Å². The minimum absolute atomic E-state index is 0.0189. The fourth-order valence-corrected chi connectivity index (χ4v) is 3.56. The number of halogens is 1. The molecule has 0 aliphatic heterocycles. The molecule has 4 rings (SSSR count). The molecule has 30 heavy (non-hydrogen) atoms. The molecule has 0 fully saturated rings. The van der Waals surface area contributed by atoms with Gasteiger partial charge in [-0.15, -0.1) is 0 Å². The van der Waals surface area contributed by atoms with E-state index in [1.165, 1.54) is 12.1 Å². The summed E-state index contributed by atoms with van der Waals surface area (Å²) in [6.07, 6.45) is 7.77. The first kappa shape index (κ1) is 19.8. The van der Waals surface area contributed by atoms with Gasteiger partial charge in [-0.1, -0.05) is 31.2 Å². The standard InChI is InChI=1S/C24H24FN5/c1-16-13-19(5-11-22(16)30-14-17(2)26-15-30)6-12-23-27-24(29(4)28-23)18(3)20-7-9-21(25)10-8-20/h5-15,18H,1-4H3/b12-6+. The van der Waals surface area contributed by atoms with E-state index in [4.69, 9.17) is 0 Å². The smallest absolute Gasteiger partial charge is 0.174 e. The van der Waals surface area contributed by atoms with Gasteiger partial charge in [0, 0.05) is 24.8 Å². The molecule has 152 valence electrons. The van der Waals surface area contributed by atoms with E-state index in [0.717, 1.165) is 33.9 Å². The molecule has 1 atom stereocenters. The van der Waals surface area contributed by atoms with Gasteiger partial charge in [0.1, 0.15) is 11.6 Å². The fraction of sp³-hybridized carbons (Fsp3) is 0.208. The highest BCUT2D eigenvalue weighted by Crippen LogP contribution is 2.23. The zero-order chi connectivity index (χ0) is 21.3. The van der Waals surface area contributed by atoms with E-state index in [-0.39, 0.29) is 11.7 Å². The predicted octanol–water partition coefficient (Wildman–Crippen LogP) is 5.08. The molecule has 0 aliphatic carbocycles. The van der Waals surface area contributed by atoms with E-state index in [2.05, 4.69) is 40.2 Å². The van der Waals surface area contributed by atoms with Gasteiger partial charge in [0.15, 0.2) is 5.82 Å². The van der Waals surface area contributed by atoms with Gasteiger partial charge in [0.2, 0.25) is 0 Å². The largest absolute Gasteiger partial charge is 0.306 e. The van der Waals surface area contributed by atoms with Crippen LogP contribution in [0.2, 0.25) is 0 Å². The summed E-state index contributed by atoms with van der Waals surface area (Å²) < 4.78 is 17.0. The van der Waals surface area contributed by atoms with Crippen molar-refractivity contribution in [3.05, 3.63) is 94.8 Å². The van der Waals surface area contributed by atoms with Crippen molar-refractivity contribution in [3.63, 3.8) is 0 Å². The summed E-state index contributed by atoms with van der Waals surface area (Å²) in [7, 11) is 1.88. The Morgan fingerprint density at radius 3 is 2.47 bits per heavy atom. The Kier molecular flexibility index (Phi) is 5.31. The molecule has 0 N–H and O–H groups in total. The van der Waals surface area contributed by atoms with Gasteiger partial charge in [-0.25, -0.2) is 14.4 Å². The molecular formula is C24H24FN5. The van der Waals surface area contributed by atoms with Crippen molar-refractivity contribution in [1.82, 2.24) is 24.3 Å². The lowest BCUT2D eigenvalue weighted by molar-refractivity contribution is 0.624. The third kappa shape index (κ3) is 4.08. The summed E-state index contributed by atoms with van der Waals surface area (Å²) in [5, 5.41) is 4.51. The van der Waals surface area contributed by atoms with E-state index < -0.39 is 0 Å². The lowest BCUT2D eigenvalue weighted by Crippen LogP contribution is -2.05. The first-order valence-corrected chi connectivity index (χ1v) is 9.87. The number of imidazole rings is 1. The van der Waals surface area contributed by atoms with Crippen LogP contribution < -0.4 is 0 Å². The van der Waals surface area contributed by atoms with Crippen LogP contribution in [0.1, 0.15) is 46.9 Å². The van der Waals surface area contributed by atoms with Crippen LogP contribution in [0, 0.1) is 19.7 Å². The lowest BCUT2D eigenvalue weighted by atomic mass is 10.0. The summed E-state index contributed by atoms with van der Waals surface area (Å²) in [5.41, 5.74) is 5.34. The molecule has 2 aromatic heterocycles. The molecule has 4 aromatic rings. The van der Waals surface area contributed by atoms with Crippen LogP contribution in [-0.2, 0) is 7.05 Å². The highest BCUT2D eigenvalue weighted by atomic mass is 19.1. The first-order valence-electron chi connectivity index (χ1n) is 9.87. The number of hydrogen-bond donors (Lipinski definition) is 0. The normalized spacial score (nSPS) is 12.6.